The summed E-state index contributed by atoms with van der Waals surface area (Å²) in [5.41, 5.74) is 2.94. The van der Waals surface area contributed by atoms with Crippen molar-refractivity contribution < 1.29 is 5.11 Å². The first kappa shape index (κ1) is 13.1. The molecule has 1 N–H and O–H groups in total. The van der Waals surface area contributed by atoms with E-state index in [1.165, 1.54) is 0 Å². The molecule has 1 unspecified atom stereocenters. The van der Waals surface area contributed by atoms with E-state index in [-0.39, 0.29) is 0 Å². The van der Waals surface area contributed by atoms with Gasteiger partial charge < -0.3 is 5.11 Å². The van der Waals surface area contributed by atoms with Gasteiger partial charge in [-0.25, -0.2) is 0 Å². The topological polar surface area (TPSA) is 20.2 Å². The molecule has 1 aromatic carbocycles. The molecule has 0 aliphatic carbocycles. The number of aliphatic hydroxyl groups excluding tert-OH is 1. The predicted molar refractivity (Wildman–Crippen MR) is 77.0 cm³/mol. The van der Waals surface area contributed by atoms with Gasteiger partial charge in [-0.3, -0.25) is 0 Å². The predicted octanol–water partition coefficient (Wildman–Crippen LogP) is 4.86. The lowest BCUT2D eigenvalue weighted by atomic mass is 10.0. The molecule has 0 radical (unpaired) electrons. The van der Waals surface area contributed by atoms with Gasteiger partial charge in [-0.2, -0.15) is 0 Å². The molecule has 0 aliphatic heterocycles. The van der Waals surface area contributed by atoms with Crippen molar-refractivity contribution in [3.05, 3.63) is 54.6 Å². The third-order valence-corrected chi connectivity index (χ3v) is 5.35. The highest BCUT2D eigenvalue weighted by atomic mass is 79.9. The van der Waals surface area contributed by atoms with Gasteiger partial charge in [0.1, 0.15) is 6.10 Å². The Kier molecular flexibility index (Phi) is 3.93. The molecule has 0 aliphatic rings. The summed E-state index contributed by atoms with van der Waals surface area (Å²) in [5.74, 6) is 0. The average molecular weight is 332 g/mol. The van der Waals surface area contributed by atoms with Crippen LogP contribution in [-0.2, 0) is 0 Å². The first-order chi connectivity index (χ1) is 8.00. The van der Waals surface area contributed by atoms with Crippen molar-refractivity contribution in [2.75, 3.05) is 0 Å². The molecule has 1 heterocycles. The zero-order chi connectivity index (χ0) is 12.6. The van der Waals surface area contributed by atoms with Gasteiger partial charge in [0.05, 0.1) is 3.79 Å². The highest BCUT2D eigenvalue weighted by Gasteiger charge is 2.17. The lowest BCUT2D eigenvalue weighted by molar-refractivity contribution is 0.223. The van der Waals surface area contributed by atoms with Gasteiger partial charge in [0.25, 0.3) is 0 Å². The van der Waals surface area contributed by atoms with E-state index in [2.05, 4.69) is 15.9 Å². The Morgan fingerprint density at radius 1 is 1.35 bits per heavy atom. The third-order valence-electron chi connectivity index (χ3n) is 2.75. The van der Waals surface area contributed by atoms with Crippen LogP contribution in [0.25, 0.3) is 0 Å². The number of aliphatic hydroxyl groups is 1. The van der Waals surface area contributed by atoms with Crippen LogP contribution in [0.1, 0.15) is 27.7 Å². The van der Waals surface area contributed by atoms with Crippen molar-refractivity contribution in [2.24, 2.45) is 0 Å². The Hall–Kier alpha value is -0.350. The van der Waals surface area contributed by atoms with Gasteiger partial charge in [0.15, 0.2) is 0 Å². The van der Waals surface area contributed by atoms with E-state index in [1.807, 2.05) is 38.1 Å². The number of rotatable bonds is 2. The van der Waals surface area contributed by atoms with Crippen LogP contribution >= 0.6 is 38.9 Å². The number of benzene rings is 1. The van der Waals surface area contributed by atoms with E-state index in [0.29, 0.717) is 5.02 Å². The molecule has 0 amide bonds. The molecule has 90 valence electrons. The maximum Gasteiger partial charge on any atom is 0.114 e. The fraction of sp³-hybridized carbons (Fsp3) is 0.231. The smallest absolute Gasteiger partial charge is 0.114 e. The van der Waals surface area contributed by atoms with E-state index in [1.54, 1.807) is 11.3 Å². The van der Waals surface area contributed by atoms with Crippen LogP contribution in [0, 0.1) is 13.8 Å². The van der Waals surface area contributed by atoms with Crippen LogP contribution in [0.3, 0.4) is 0 Å². The summed E-state index contributed by atoms with van der Waals surface area (Å²) in [7, 11) is 0. The molecular weight excluding hydrogens is 320 g/mol. The fourth-order valence-corrected chi connectivity index (χ4v) is 3.45. The van der Waals surface area contributed by atoms with Gasteiger partial charge in [0, 0.05) is 9.90 Å². The molecule has 2 rings (SSSR count). The second-order valence-electron chi connectivity index (χ2n) is 3.96. The quantitative estimate of drug-likeness (QED) is 0.833. The summed E-state index contributed by atoms with van der Waals surface area (Å²) in [4.78, 5) is 0.930. The Labute approximate surface area is 118 Å². The van der Waals surface area contributed by atoms with Crippen LogP contribution in [0.2, 0.25) is 5.02 Å². The van der Waals surface area contributed by atoms with Crippen LogP contribution in [0.4, 0.5) is 0 Å². The molecule has 0 spiro atoms. The average Bonchev–Trinajstić information content (AvgIpc) is 2.62. The number of aryl methyl sites for hydroxylation is 1. The molecule has 1 atom stereocenters. The van der Waals surface area contributed by atoms with E-state index < -0.39 is 6.10 Å². The summed E-state index contributed by atoms with van der Waals surface area (Å²) in [5, 5.41) is 11.1. The molecular formula is C13H12BrClOS. The standard InChI is InChI=1S/C13H12BrClOS/c1-7-6-11(17-13(7)14)12(16)9-4-3-5-10(15)8(9)2/h3-6,12,16H,1-2H3. The first-order valence-corrected chi connectivity index (χ1v) is 7.18. The van der Waals surface area contributed by atoms with Crippen molar-refractivity contribution in [3.8, 4) is 0 Å². The van der Waals surface area contributed by atoms with E-state index in [0.717, 1.165) is 25.4 Å². The largest absolute Gasteiger partial charge is 0.383 e. The summed E-state index contributed by atoms with van der Waals surface area (Å²) >= 11 is 11.1. The first-order valence-electron chi connectivity index (χ1n) is 5.19. The van der Waals surface area contributed by atoms with Crippen molar-refractivity contribution >= 4 is 38.9 Å². The summed E-state index contributed by atoms with van der Waals surface area (Å²) in [6, 6.07) is 7.61. The second kappa shape index (κ2) is 5.11. The van der Waals surface area contributed by atoms with E-state index in [4.69, 9.17) is 11.6 Å². The maximum absolute atomic E-state index is 10.4. The highest BCUT2D eigenvalue weighted by Crippen LogP contribution is 2.36. The zero-order valence-electron chi connectivity index (χ0n) is 9.50. The maximum atomic E-state index is 10.4. The lowest BCUT2D eigenvalue weighted by Crippen LogP contribution is -2.00. The summed E-state index contributed by atoms with van der Waals surface area (Å²) < 4.78 is 1.06. The van der Waals surface area contributed by atoms with Crippen LogP contribution < -0.4 is 0 Å². The molecule has 1 aromatic heterocycles. The molecule has 0 bridgehead atoms. The van der Waals surface area contributed by atoms with Crippen LogP contribution in [0.15, 0.2) is 28.1 Å². The molecule has 0 saturated carbocycles. The van der Waals surface area contributed by atoms with Crippen LogP contribution in [0.5, 0.6) is 0 Å². The highest BCUT2D eigenvalue weighted by molar-refractivity contribution is 9.11. The van der Waals surface area contributed by atoms with E-state index in [9.17, 15) is 5.11 Å². The number of thiophene rings is 1. The minimum atomic E-state index is -0.608. The SMILES string of the molecule is Cc1cc(C(O)c2cccc(Cl)c2C)sc1Br. The Morgan fingerprint density at radius 2 is 2.06 bits per heavy atom. The van der Waals surface area contributed by atoms with E-state index >= 15 is 0 Å². The Morgan fingerprint density at radius 3 is 2.65 bits per heavy atom. The van der Waals surface area contributed by atoms with Crippen molar-refractivity contribution in [2.45, 2.75) is 20.0 Å². The molecule has 4 heteroatoms. The number of halogens is 2. The number of hydrogen-bond donors (Lipinski definition) is 1. The Bertz CT molecular complexity index is 531. The molecule has 2 aromatic rings. The van der Waals surface area contributed by atoms with Gasteiger partial charge in [0.2, 0.25) is 0 Å². The molecule has 0 fully saturated rings. The lowest BCUT2D eigenvalue weighted by Gasteiger charge is -2.12. The summed E-state index contributed by atoms with van der Waals surface area (Å²) in [6.07, 6.45) is -0.608. The minimum Gasteiger partial charge on any atom is -0.383 e. The fourth-order valence-electron chi connectivity index (χ4n) is 1.69. The van der Waals surface area contributed by atoms with Crippen molar-refractivity contribution in [1.29, 1.82) is 0 Å². The third kappa shape index (κ3) is 2.58. The second-order valence-corrected chi connectivity index (χ2v) is 6.77. The van der Waals surface area contributed by atoms with Crippen molar-refractivity contribution in [1.82, 2.24) is 0 Å². The Balaban J connectivity index is 2.43. The van der Waals surface area contributed by atoms with Gasteiger partial charge in [-0.05, 0) is 58.6 Å². The molecule has 1 nitrogen and oxygen atoms in total. The molecule has 17 heavy (non-hydrogen) atoms. The zero-order valence-corrected chi connectivity index (χ0v) is 12.7. The monoisotopic (exact) mass is 330 g/mol. The minimum absolute atomic E-state index is 0.608. The van der Waals surface area contributed by atoms with Crippen LogP contribution in [-0.4, -0.2) is 5.11 Å². The van der Waals surface area contributed by atoms with Gasteiger partial charge >= 0.3 is 0 Å². The van der Waals surface area contributed by atoms with Gasteiger partial charge in [-0.1, -0.05) is 23.7 Å². The number of hydrogen-bond acceptors (Lipinski definition) is 2. The van der Waals surface area contributed by atoms with Gasteiger partial charge in [-0.15, -0.1) is 11.3 Å². The normalized spacial score (nSPS) is 12.8. The van der Waals surface area contributed by atoms with Crippen molar-refractivity contribution in [3.63, 3.8) is 0 Å². The summed E-state index contributed by atoms with van der Waals surface area (Å²) in [6.45, 7) is 3.94. The molecule has 0 saturated heterocycles.